The van der Waals surface area contributed by atoms with Crippen LogP contribution in [0.15, 0.2) is 0 Å². The van der Waals surface area contributed by atoms with Crippen LogP contribution < -0.4 is 21.5 Å². The molecule has 8 heteroatoms. The van der Waals surface area contributed by atoms with Crippen LogP contribution in [0, 0.1) is 5.92 Å². The molecular weight excluding hydrogens is 356 g/mol. The number of carbonyl (C=O) groups excluding carboxylic acids is 1. The van der Waals surface area contributed by atoms with E-state index in [9.17, 15) is 4.79 Å². The third-order valence-electron chi connectivity index (χ3n) is 6.93. The average molecular weight is 395 g/mol. The zero-order valence-corrected chi connectivity index (χ0v) is 17.3. The van der Waals surface area contributed by atoms with Gasteiger partial charge in [0.25, 0.3) is 0 Å². The first kappa shape index (κ1) is 20.5. The van der Waals surface area contributed by atoms with Crippen molar-refractivity contribution in [2.45, 2.75) is 76.1 Å². The summed E-state index contributed by atoms with van der Waals surface area (Å²) < 4.78 is 0. The minimum absolute atomic E-state index is 0.0748. The van der Waals surface area contributed by atoms with Crippen molar-refractivity contribution in [3.05, 3.63) is 0 Å². The minimum Gasteiger partial charge on any atom is -0.349 e. The van der Waals surface area contributed by atoms with E-state index >= 15 is 0 Å². The predicted octanol–water partition coefficient (Wildman–Crippen LogP) is 0.175. The van der Waals surface area contributed by atoms with Crippen molar-refractivity contribution in [2.24, 2.45) is 5.92 Å². The predicted molar refractivity (Wildman–Crippen MR) is 108 cm³/mol. The Balaban J connectivity index is 1.20. The molecule has 4 N–H and O–H groups in total. The van der Waals surface area contributed by atoms with Gasteiger partial charge in [0.2, 0.25) is 5.91 Å². The third-order valence-corrected chi connectivity index (χ3v) is 6.93. The lowest BCUT2D eigenvalue weighted by Crippen LogP contribution is -2.53. The van der Waals surface area contributed by atoms with Crippen molar-refractivity contribution >= 4 is 5.91 Å². The molecular formula is C20H38N6O2. The molecule has 0 spiro atoms. The maximum atomic E-state index is 12.8. The summed E-state index contributed by atoms with van der Waals surface area (Å²) in [5.41, 5.74) is 6.48. The fourth-order valence-corrected chi connectivity index (χ4v) is 5.29. The van der Waals surface area contributed by atoms with Gasteiger partial charge in [-0.25, -0.2) is 5.01 Å². The number of hydrazine groups is 1. The zero-order valence-electron chi connectivity index (χ0n) is 17.3. The molecule has 0 aromatic heterocycles. The highest BCUT2D eigenvalue weighted by atomic mass is 16.7. The molecule has 0 aromatic rings. The molecule has 28 heavy (non-hydrogen) atoms. The molecule has 0 radical (unpaired) electrons. The van der Waals surface area contributed by atoms with E-state index in [2.05, 4.69) is 38.4 Å². The second-order valence-corrected chi connectivity index (χ2v) is 8.96. The molecule has 4 atom stereocenters. The number of nitrogens with one attached hydrogen (secondary N) is 4. The maximum Gasteiger partial charge on any atom is 0.239 e. The molecule has 8 nitrogen and oxygen atoms in total. The fraction of sp³-hybridized carbons (Fsp3) is 0.950. The summed E-state index contributed by atoms with van der Waals surface area (Å²) in [6.07, 6.45) is 8.75. The highest BCUT2D eigenvalue weighted by Gasteiger charge is 2.39. The van der Waals surface area contributed by atoms with Crippen LogP contribution in [0.1, 0.15) is 51.9 Å². The number of amides is 1. The second-order valence-electron chi connectivity index (χ2n) is 8.96. The fourth-order valence-electron chi connectivity index (χ4n) is 5.29. The largest absolute Gasteiger partial charge is 0.349 e. The topological polar surface area (TPSA) is 80.9 Å². The van der Waals surface area contributed by atoms with E-state index in [1.54, 1.807) is 0 Å². The monoisotopic (exact) mass is 394 g/mol. The van der Waals surface area contributed by atoms with Crippen molar-refractivity contribution < 1.29 is 9.63 Å². The van der Waals surface area contributed by atoms with E-state index in [0.717, 1.165) is 58.2 Å². The number of likely N-dealkylation sites (N-methyl/N-ethyl adjacent to an activating group) is 1. The lowest BCUT2D eigenvalue weighted by Gasteiger charge is -2.37. The van der Waals surface area contributed by atoms with E-state index in [1.807, 2.05) is 0 Å². The van der Waals surface area contributed by atoms with Crippen molar-refractivity contribution in [3.63, 3.8) is 0 Å². The van der Waals surface area contributed by atoms with Crippen molar-refractivity contribution in [1.82, 2.24) is 31.4 Å². The smallest absolute Gasteiger partial charge is 0.239 e. The lowest BCUT2D eigenvalue weighted by atomic mass is 9.89. The molecule has 4 fully saturated rings. The summed E-state index contributed by atoms with van der Waals surface area (Å²) in [7, 11) is 0. The second kappa shape index (κ2) is 9.82. The molecule has 4 unspecified atom stereocenters. The quantitative estimate of drug-likeness (QED) is 0.512. The van der Waals surface area contributed by atoms with E-state index in [0.29, 0.717) is 6.04 Å². The van der Waals surface area contributed by atoms with Gasteiger partial charge >= 0.3 is 0 Å². The van der Waals surface area contributed by atoms with Gasteiger partial charge in [0.15, 0.2) is 0 Å². The standard InChI is InChI=1S/C20H38N6O2/c1-2-25-14-21-9-8-18(25)19-10-17(24-28-19)20(27)23-16-11-22-26(13-16)12-15-6-4-3-5-7-15/h15-19,21-22,24H,2-14H2,1H3,(H,23,27). The number of hydrogen-bond donors (Lipinski definition) is 4. The zero-order chi connectivity index (χ0) is 19.3. The Bertz CT molecular complexity index is 515. The Labute approximate surface area is 169 Å². The highest BCUT2D eigenvalue weighted by molar-refractivity contribution is 5.82. The number of hydrogen-bond acceptors (Lipinski definition) is 7. The Hall–Kier alpha value is -0.770. The van der Waals surface area contributed by atoms with Gasteiger partial charge in [-0.1, -0.05) is 26.2 Å². The minimum atomic E-state index is -0.244. The van der Waals surface area contributed by atoms with E-state index in [4.69, 9.17) is 4.84 Å². The lowest BCUT2D eigenvalue weighted by molar-refractivity contribution is -0.125. The third kappa shape index (κ3) is 5.04. The van der Waals surface area contributed by atoms with Crippen molar-refractivity contribution in [2.75, 3.05) is 39.4 Å². The first-order valence-corrected chi connectivity index (χ1v) is 11.4. The summed E-state index contributed by atoms with van der Waals surface area (Å²) in [5, 5.41) is 8.95. The van der Waals surface area contributed by atoms with E-state index in [1.165, 1.54) is 32.1 Å². The van der Waals surface area contributed by atoms with Crippen LogP contribution in [0.2, 0.25) is 0 Å². The van der Waals surface area contributed by atoms with Gasteiger partial charge in [0.1, 0.15) is 6.04 Å². The highest BCUT2D eigenvalue weighted by Crippen LogP contribution is 2.25. The Morgan fingerprint density at radius 1 is 1.21 bits per heavy atom. The number of carbonyl (C=O) groups is 1. The summed E-state index contributed by atoms with van der Waals surface area (Å²) in [5.74, 6) is 0.888. The summed E-state index contributed by atoms with van der Waals surface area (Å²) in [4.78, 5) is 21.0. The van der Waals surface area contributed by atoms with Crippen LogP contribution in [0.4, 0.5) is 0 Å². The molecule has 3 heterocycles. The average Bonchev–Trinajstić information content (AvgIpc) is 3.38. The summed E-state index contributed by atoms with van der Waals surface area (Å²) >= 11 is 0. The van der Waals surface area contributed by atoms with Gasteiger partial charge in [-0.2, -0.15) is 5.48 Å². The van der Waals surface area contributed by atoms with Gasteiger partial charge in [-0.05, 0) is 38.3 Å². The molecule has 160 valence electrons. The van der Waals surface area contributed by atoms with Crippen LogP contribution in [0.5, 0.6) is 0 Å². The van der Waals surface area contributed by atoms with Crippen LogP contribution in [-0.2, 0) is 9.63 Å². The SMILES string of the molecule is CCN1CNCCC1C1CC(C(=O)NC2CNN(CC3CCCCC3)C2)NO1. The summed E-state index contributed by atoms with van der Waals surface area (Å²) in [6, 6.07) is 0.324. The van der Waals surface area contributed by atoms with Gasteiger partial charge in [-0.3, -0.25) is 20.0 Å². The van der Waals surface area contributed by atoms with Gasteiger partial charge in [0, 0.05) is 38.8 Å². The Morgan fingerprint density at radius 2 is 2.07 bits per heavy atom. The number of nitrogens with zero attached hydrogens (tertiary/aromatic N) is 2. The molecule has 1 aliphatic carbocycles. The molecule has 1 amide bonds. The van der Waals surface area contributed by atoms with Crippen LogP contribution in [0.25, 0.3) is 0 Å². The molecule has 4 aliphatic rings. The molecule has 0 bridgehead atoms. The Morgan fingerprint density at radius 3 is 2.89 bits per heavy atom. The molecule has 0 aromatic carbocycles. The first-order valence-electron chi connectivity index (χ1n) is 11.4. The van der Waals surface area contributed by atoms with Crippen LogP contribution in [0.3, 0.4) is 0 Å². The molecule has 3 aliphatic heterocycles. The van der Waals surface area contributed by atoms with Gasteiger partial charge in [-0.15, -0.1) is 0 Å². The van der Waals surface area contributed by atoms with E-state index in [-0.39, 0.29) is 24.1 Å². The normalized spacial score (nSPS) is 36.0. The van der Waals surface area contributed by atoms with Gasteiger partial charge < -0.3 is 10.6 Å². The molecule has 4 rings (SSSR count). The van der Waals surface area contributed by atoms with Crippen molar-refractivity contribution in [3.8, 4) is 0 Å². The van der Waals surface area contributed by atoms with Crippen LogP contribution in [-0.4, -0.2) is 79.4 Å². The summed E-state index contributed by atoms with van der Waals surface area (Å²) in [6.45, 7) is 7.94. The van der Waals surface area contributed by atoms with Crippen molar-refractivity contribution in [1.29, 1.82) is 0 Å². The number of hydroxylamine groups is 1. The molecule has 1 saturated carbocycles. The van der Waals surface area contributed by atoms with Crippen LogP contribution >= 0.6 is 0 Å². The Kier molecular flexibility index (Phi) is 7.19. The van der Waals surface area contributed by atoms with E-state index < -0.39 is 0 Å². The number of rotatable bonds is 6. The molecule has 3 saturated heterocycles. The first-order chi connectivity index (χ1) is 13.7. The van der Waals surface area contributed by atoms with Gasteiger partial charge in [0.05, 0.1) is 12.1 Å². The maximum absolute atomic E-state index is 12.8.